The molecule has 0 aromatic heterocycles. The molecule has 16 heavy (non-hydrogen) atoms. The number of nitrogens with zero attached hydrogens (tertiary/aromatic N) is 1. The third-order valence-corrected chi connectivity index (χ3v) is 3.65. The molecule has 85 valence electrons. The summed E-state index contributed by atoms with van der Waals surface area (Å²) < 4.78 is 38.0. The Bertz CT molecular complexity index is 532. The second kappa shape index (κ2) is 4.49. The van der Waals surface area contributed by atoms with Crippen molar-refractivity contribution in [2.45, 2.75) is 19.1 Å². The van der Waals surface area contributed by atoms with Crippen LogP contribution in [0.5, 0.6) is 0 Å². The van der Waals surface area contributed by atoms with Crippen LogP contribution in [0.3, 0.4) is 0 Å². The van der Waals surface area contributed by atoms with Gasteiger partial charge in [-0.25, -0.2) is 12.8 Å². The fourth-order valence-electron chi connectivity index (χ4n) is 0.913. The molecule has 1 aromatic rings. The van der Waals surface area contributed by atoms with Gasteiger partial charge in [0.2, 0.25) is 10.0 Å². The zero-order valence-electron chi connectivity index (χ0n) is 8.78. The van der Waals surface area contributed by atoms with Crippen molar-refractivity contribution in [1.29, 1.82) is 5.26 Å². The molecule has 1 radical (unpaired) electrons. The Hall–Kier alpha value is -1.61. The molecule has 0 saturated carbocycles. The van der Waals surface area contributed by atoms with Crippen molar-refractivity contribution in [2.75, 3.05) is 4.72 Å². The second-order valence-electron chi connectivity index (χ2n) is 3.42. The van der Waals surface area contributed by atoms with E-state index >= 15 is 0 Å². The minimum absolute atomic E-state index is 0.0394. The minimum Gasteiger partial charge on any atom is -0.282 e. The predicted octanol–water partition coefficient (Wildman–Crippen LogP) is 1.65. The van der Waals surface area contributed by atoms with E-state index in [9.17, 15) is 12.8 Å². The number of hydrogen-bond acceptors (Lipinski definition) is 3. The Kier molecular flexibility index (Phi) is 3.50. The van der Waals surface area contributed by atoms with Crippen LogP contribution in [0.25, 0.3) is 0 Å². The summed E-state index contributed by atoms with van der Waals surface area (Å²) in [5.74, 6) is -0.705. The summed E-state index contributed by atoms with van der Waals surface area (Å²) in [5, 5.41) is 8.08. The number of sulfonamides is 1. The van der Waals surface area contributed by atoms with E-state index in [0.717, 1.165) is 12.1 Å². The first-order valence-electron chi connectivity index (χ1n) is 4.50. The molecule has 0 amide bonds. The maximum Gasteiger partial charge on any atom is 0.235 e. The molecule has 1 aromatic carbocycles. The first-order valence-corrected chi connectivity index (χ1v) is 6.04. The average molecular weight is 241 g/mol. The van der Waals surface area contributed by atoms with Crippen LogP contribution in [0, 0.1) is 23.2 Å². The summed E-state index contributed by atoms with van der Waals surface area (Å²) >= 11 is 0. The average Bonchev–Trinajstić information content (AvgIpc) is 2.20. The smallest absolute Gasteiger partial charge is 0.235 e. The Morgan fingerprint density at radius 3 is 2.69 bits per heavy atom. The zero-order chi connectivity index (χ0) is 12.3. The second-order valence-corrected chi connectivity index (χ2v) is 5.65. The number of halogens is 1. The van der Waals surface area contributed by atoms with Gasteiger partial charge in [-0.2, -0.15) is 5.26 Å². The van der Waals surface area contributed by atoms with Gasteiger partial charge in [-0.3, -0.25) is 4.72 Å². The van der Waals surface area contributed by atoms with E-state index in [-0.39, 0.29) is 11.3 Å². The monoisotopic (exact) mass is 241 g/mol. The third kappa shape index (κ3) is 2.70. The lowest BCUT2D eigenvalue weighted by molar-refractivity contribution is 0.592. The molecule has 1 N–H and O–H groups in total. The van der Waals surface area contributed by atoms with Gasteiger partial charge >= 0.3 is 0 Å². The van der Waals surface area contributed by atoms with Gasteiger partial charge in [-0.05, 0) is 26.0 Å². The third-order valence-electron chi connectivity index (χ3n) is 1.91. The molecule has 0 saturated heterocycles. The number of nitriles is 1. The Balaban J connectivity index is 3.13. The van der Waals surface area contributed by atoms with Crippen molar-refractivity contribution in [1.82, 2.24) is 0 Å². The highest BCUT2D eigenvalue weighted by molar-refractivity contribution is 7.93. The van der Waals surface area contributed by atoms with E-state index in [1.54, 1.807) is 6.07 Å². The number of hydrogen-bond donors (Lipinski definition) is 1. The number of rotatable bonds is 3. The van der Waals surface area contributed by atoms with E-state index in [2.05, 4.69) is 10.8 Å². The summed E-state index contributed by atoms with van der Waals surface area (Å²) in [4.78, 5) is 0. The van der Waals surface area contributed by atoms with Crippen molar-refractivity contribution in [3.05, 3.63) is 29.6 Å². The quantitative estimate of drug-likeness (QED) is 0.874. The SMILES string of the molecule is CC(C)S(=O)(=O)Nc1c[c]c(F)cc1C#N. The molecule has 0 aliphatic carbocycles. The van der Waals surface area contributed by atoms with Crippen LogP contribution in [0.2, 0.25) is 0 Å². The highest BCUT2D eigenvalue weighted by atomic mass is 32.2. The van der Waals surface area contributed by atoms with Gasteiger partial charge in [0.15, 0.2) is 0 Å². The van der Waals surface area contributed by atoms with Crippen LogP contribution in [-0.4, -0.2) is 13.7 Å². The summed E-state index contributed by atoms with van der Waals surface area (Å²) in [6, 6.07) is 5.94. The maximum absolute atomic E-state index is 12.7. The minimum atomic E-state index is -3.54. The van der Waals surface area contributed by atoms with Crippen LogP contribution in [0.4, 0.5) is 10.1 Å². The van der Waals surface area contributed by atoms with E-state index in [4.69, 9.17) is 5.26 Å². The van der Waals surface area contributed by atoms with Crippen molar-refractivity contribution in [3.8, 4) is 6.07 Å². The fraction of sp³-hybridized carbons (Fsp3) is 0.300. The van der Waals surface area contributed by atoms with E-state index in [1.807, 2.05) is 0 Å². The van der Waals surface area contributed by atoms with Gasteiger partial charge < -0.3 is 0 Å². The summed E-state index contributed by atoms with van der Waals surface area (Å²) in [5.41, 5.74) is -0.0296. The first-order chi connectivity index (χ1) is 7.36. The van der Waals surface area contributed by atoms with Crippen LogP contribution < -0.4 is 4.72 Å². The molecule has 0 atom stereocenters. The van der Waals surface area contributed by atoms with Gasteiger partial charge in [0.1, 0.15) is 11.9 Å². The fourth-order valence-corrected chi connectivity index (χ4v) is 1.62. The van der Waals surface area contributed by atoms with Crippen molar-refractivity contribution in [3.63, 3.8) is 0 Å². The molecule has 0 spiro atoms. The highest BCUT2D eigenvalue weighted by Crippen LogP contribution is 2.18. The lowest BCUT2D eigenvalue weighted by Gasteiger charge is -2.11. The topological polar surface area (TPSA) is 70.0 Å². The molecule has 0 unspecified atom stereocenters. The Morgan fingerprint density at radius 1 is 1.56 bits per heavy atom. The van der Waals surface area contributed by atoms with Crippen LogP contribution in [0.1, 0.15) is 19.4 Å². The van der Waals surface area contributed by atoms with Gasteiger partial charge in [0.25, 0.3) is 0 Å². The maximum atomic E-state index is 12.7. The lowest BCUT2D eigenvalue weighted by Crippen LogP contribution is -2.23. The highest BCUT2D eigenvalue weighted by Gasteiger charge is 2.17. The molecular weight excluding hydrogens is 231 g/mol. The molecular formula is C10H10FN2O2S. The van der Waals surface area contributed by atoms with E-state index in [1.165, 1.54) is 13.8 Å². The van der Waals surface area contributed by atoms with Gasteiger partial charge in [-0.15, -0.1) is 0 Å². The first kappa shape index (κ1) is 12.5. The lowest BCUT2D eigenvalue weighted by atomic mass is 10.2. The van der Waals surface area contributed by atoms with Crippen LogP contribution >= 0.6 is 0 Å². The van der Waals surface area contributed by atoms with Crippen molar-refractivity contribution >= 4 is 15.7 Å². The van der Waals surface area contributed by atoms with E-state index in [0.29, 0.717) is 0 Å². The number of anilines is 1. The molecule has 0 heterocycles. The normalized spacial score (nSPS) is 11.2. The van der Waals surface area contributed by atoms with Crippen LogP contribution in [0.15, 0.2) is 12.1 Å². The molecule has 4 nitrogen and oxygen atoms in total. The molecule has 6 heteroatoms. The Labute approximate surface area is 93.8 Å². The van der Waals surface area contributed by atoms with Crippen LogP contribution in [-0.2, 0) is 10.0 Å². The molecule has 0 aliphatic rings. The number of benzene rings is 1. The number of nitrogens with one attached hydrogen (secondary N) is 1. The van der Waals surface area contributed by atoms with Crippen molar-refractivity contribution < 1.29 is 12.8 Å². The molecule has 1 rings (SSSR count). The zero-order valence-corrected chi connectivity index (χ0v) is 9.60. The van der Waals surface area contributed by atoms with Gasteiger partial charge in [0.05, 0.1) is 16.5 Å². The summed E-state index contributed by atoms with van der Waals surface area (Å²) in [7, 11) is -3.54. The molecule has 0 fully saturated rings. The van der Waals surface area contributed by atoms with Crippen molar-refractivity contribution in [2.24, 2.45) is 0 Å². The van der Waals surface area contributed by atoms with Gasteiger partial charge in [-0.1, -0.05) is 0 Å². The molecule has 0 aliphatic heterocycles. The van der Waals surface area contributed by atoms with E-state index < -0.39 is 21.1 Å². The Morgan fingerprint density at radius 2 is 2.19 bits per heavy atom. The largest absolute Gasteiger partial charge is 0.282 e. The van der Waals surface area contributed by atoms with Gasteiger partial charge in [0, 0.05) is 6.07 Å². The predicted molar refractivity (Wildman–Crippen MR) is 57.6 cm³/mol. The summed E-state index contributed by atoms with van der Waals surface area (Å²) in [6.07, 6.45) is 0. The molecule has 0 bridgehead atoms. The summed E-state index contributed by atoms with van der Waals surface area (Å²) in [6.45, 7) is 3.00. The standard InChI is InChI=1S/C10H10FN2O2S/c1-7(2)16(14,15)13-10-4-3-9(11)5-8(10)6-12/h4-5,7,13H,1-2H3.